The maximum absolute atomic E-state index is 5.08. The van der Waals surface area contributed by atoms with Gasteiger partial charge in [0.15, 0.2) is 0 Å². The van der Waals surface area contributed by atoms with Crippen LogP contribution in [0.15, 0.2) is 12.4 Å². The lowest BCUT2D eigenvalue weighted by atomic mass is 10.1. The first-order valence-corrected chi connectivity index (χ1v) is 5.48. The Hall–Kier alpha value is -0.870. The molecule has 0 radical (unpaired) electrons. The molecule has 15 heavy (non-hydrogen) atoms. The average molecular weight is 211 g/mol. The third-order valence-corrected chi connectivity index (χ3v) is 2.65. The summed E-state index contributed by atoms with van der Waals surface area (Å²) in [6.45, 7) is 3.91. The van der Waals surface area contributed by atoms with Crippen molar-refractivity contribution in [2.45, 2.75) is 32.4 Å². The van der Waals surface area contributed by atoms with Crippen molar-refractivity contribution >= 4 is 0 Å². The van der Waals surface area contributed by atoms with Crippen molar-refractivity contribution in [3.05, 3.63) is 18.2 Å². The highest BCUT2D eigenvalue weighted by atomic mass is 16.5. The maximum Gasteiger partial charge on any atom is 0.110 e. The number of aromatic nitrogens is 2. The normalized spacial score (nSPS) is 13.0. The van der Waals surface area contributed by atoms with E-state index in [1.165, 1.54) is 0 Å². The summed E-state index contributed by atoms with van der Waals surface area (Å²) in [6.07, 6.45) is 5.87. The fourth-order valence-electron chi connectivity index (χ4n) is 1.65. The quantitative estimate of drug-likeness (QED) is 0.733. The standard InChI is InChI=1S/C11H21N3O/c1-4-14-7-6-13-11(14)9-10(12-2)5-8-15-3/h6-7,10,12H,4-5,8-9H2,1-3H3. The average Bonchev–Trinajstić information content (AvgIpc) is 2.71. The van der Waals surface area contributed by atoms with Gasteiger partial charge in [0.25, 0.3) is 0 Å². The fraction of sp³-hybridized carbons (Fsp3) is 0.727. The zero-order chi connectivity index (χ0) is 11.1. The largest absolute Gasteiger partial charge is 0.385 e. The summed E-state index contributed by atoms with van der Waals surface area (Å²) < 4.78 is 7.26. The van der Waals surface area contributed by atoms with Crippen LogP contribution in [-0.4, -0.2) is 36.4 Å². The van der Waals surface area contributed by atoms with Crippen LogP contribution in [0.2, 0.25) is 0 Å². The molecule has 0 saturated heterocycles. The van der Waals surface area contributed by atoms with Gasteiger partial charge in [-0.05, 0) is 20.4 Å². The van der Waals surface area contributed by atoms with Gasteiger partial charge in [-0.3, -0.25) is 0 Å². The lowest BCUT2D eigenvalue weighted by Crippen LogP contribution is -2.30. The molecule has 86 valence electrons. The monoisotopic (exact) mass is 211 g/mol. The number of imidazole rings is 1. The Morgan fingerprint density at radius 3 is 3.00 bits per heavy atom. The second-order valence-electron chi connectivity index (χ2n) is 3.60. The Kier molecular flexibility index (Phi) is 5.36. The zero-order valence-electron chi connectivity index (χ0n) is 9.86. The van der Waals surface area contributed by atoms with E-state index in [2.05, 4.69) is 21.8 Å². The third-order valence-electron chi connectivity index (χ3n) is 2.65. The third kappa shape index (κ3) is 3.64. The first kappa shape index (κ1) is 12.2. The van der Waals surface area contributed by atoms with Crippen LogP contribution in [0.1, 0.15) is 19.2 Å². The van der Waals surface area contributed by atoms with Gasteiger partial charge < -0.3 is 14.6 Å². The van der Waals surface area contributed by atoms with E-state index < -0.39 is 0 Å². The van der Waals surface area contributed by atoms with E-state index in [1.807, 2.05) is 19.4 Å². The lowest BCUT2D eigenvalue weighted by Gasteiger charge is -2.15. The molecule has 1 rings (SSSR count). The van der Waals surface area contributed by atoms with Gasteiger partial charge >= 0.3 is 0 Å². The number of methoxy groups -OCH3 is 1. The van der Waals surface area contributed by atoms with Crippen molar-refractivity contribution in [1.82, 2.24) is 14.9 Å². The minimum absolute atomic E-state index is 0.442. The highest BCUT2D eigenvalue weighted by Gasteiger charge is 2.10. The van der Waals surface area contributed by atoms with Crippen LogP contribution in [-0.2, 0) is 17.7 Å². The molecule has 1 unspecified atom stereocenters. The van der Waals surface area contributed by atoms with Crippen LogP contribution in [0.3, 0.4) is 0 Å². The van der Waals surface area contributed by atoms with Crippen molar-refractivity contribution < 1.29 is 4.74 Å². The van der Waals surface area contributed by atoms with Crippen molar-refractivity contribution in [1.29, 1.82) is 0 Å². The van der Waals surface area contributed by atoms with E-state index in [1.54, 1.807) is 7.11 Å². The molecule has 4 heteroatoms. The van der Waals surface area contributed by atoms with Gasteiger partial charge in [-0.15, -0.1) is 0 Å². The van der Waals surface area contributed by atoms with Gasteiger partial charge in [-0.25, -0.2) is 4.98 Å². The molecule has 0 aromatic carbocycles. The summed E-state index contributed by atoms with van der Waals surface area (Å²) in [5.41, 5.74) is 0. The van der Waals surface area contributed by atoms with Gasteiger partial charge in [0.1, 0.15) is 5.82 Å². The summed E-state index contributed by atoms with van der Waals surface area (Å²) in [5, 5.41) is 3.29. The van der Waals surface area contributed by atoms with E-state index in [-0.39, 0.29) is 0 Å². The molecule has 4 nitrogen and oxygen atoms in total. The maximum atomic E-state index is 5.08. The van der Waals surface area contributed by atoms with Crippen LogP contribution >= 0.6 is 0 Å². The fourth-order valence-corrected chi connectivity index (χ4v) is 1.65. The SMILES string of the molecule is CCn1ccnc1CC(CCOC)NC. The molecule has 0 bridgehead atoms. The Balaban J connectivity index is 2.50. The predicted octanol–water partition coefficient (Wildman–Crippen LogP) is 1.07. The van der Waals surface area contributed by atoms with Crippen LogP contribution in [0.4, 0.5) is 0 Å². The molecule has 1 aromatic rings. The van der Waals surface area contributed by atoms with E-state index in [0.29, 0.717) is 6.04 Å². The van der Waals surface area contributed by atoms with Gasteiger partial charge in [0, 0.05) is 45.1 Å². The molecule has 1 heterocycles. The van der Waals surface area contributed by atoms with Crippen molar-refractivity contribution in [3.63, 3.8) is 0 Å². The molecule has 0 saturated carbocycles. The van der Waals surface area contributed by atoms with Crippen LogP contribution in [0.5, 0.6) is 0 Å². The number of nitrogens with one attached hydrogen (secondary N) is 1. The Bertz CT molecular complexity index is 273. The van der Waals surface area contributed by atoms with Crippen LogP contribution in [0.25, 0.3) is 0 Å². The molecular weight excluding hydrogens is 190 g/mol. The Morgan fingerprint density at radius 1 is 1.60 bits per heavy atom. The Labute approximate surface area is 91.7 Å². The summed E-state index contributed by atoms with van der Waals surface area (Å²) in [5.74, 6) is 1.15. The highest BCUT2D eigenvalue weighted by molar-refractivity contribution is 4.95. The summed E-state index contributed by atoms with van der Waals surface area (Å²) in [7, 11) is 3.72. The molecular formula is C11H21N3O. The van der Waals surface area contributed by atoms with Gasteiger partial charge in [-0.1, -0.05) is 0 Å². The second kappa shape index (κ2) is 6.58. The number of nitrogens with zero attached hydrogens (tertiary/aromatic N) is 2. The smallest absolute Gasteiger partial charge is 0.110 e. The van der Waals surface area contributed by atoms with E-state index in [0.717, 1.165) is 31.8 Å². The minimum Gasteiger partial charge on any atom is -0.385 e. The molecule has 0 aliphatic carbocycles. The first-order chi connectivity index (χ1) is 7.31. The van der Waals surface area contributed by atoms with Gasteiger partial charge in [0.2, 0.25) is 0 Å². The van der Waals surface area contributed by atoms with E-state index in [4.69, 9.17) is 4.74 Å². The van der Waals surface area contributed by atoms with E-state index >= 15 is 0 Å². The second-order valence-corrected chi connectivity index (χ2v) is 3.60. The molecule has 0 aliphatic heterocycles. The molecule has 0 aliphatic rings. The number of aryl methyl sites for hydroxylation is 1. The number of rotatable bonds is 7. The predicted molar refractivity (Wildman–Crippen MR) is 60.9 cm³/mol. The van der Waals surface area contributed by atoms with Crippen molar-refractivity contribution in [3.8, 4) is 0 Å². The number of ether oxygens (including phenoxy) is 1. The van der Waals surface area contributed by atoms with Crippen LogP contribution in [0, 0.1) is 0 Å². The zero-order valence-corrected chi connectivity index (χ0v) is 9.86. The Morgan fingerprint density at radius 2 is 2.40 bits per heavy atom. The topological polar surface area (TPSA) is 39.1 Å². The van der Waals surface area contributed by atoms with Gasteiger partial charge in [-0.2, -0.15) is 0 Å². The molecule has 1 atom stereocenters. The lowest BCUT2D eigenvalue weighted by molar-refractivity contribution is 0.183. The molecule has 1 N–H and O–H groups in total. The molecule has 0 fully saturated rings. The molecule has 0 amide bonds. The summed E-state index contributed by atoms with van der Waals surface area (Å²) >= 11 is 0. The highest BCUT2D eigenvalue weighted by Crippen LogP contribution is 2.04. The van der Waals surface area contributed by atoms with Crippen molar-refractivity contribution in [2.75, 3.05) is 20.8 Å². The number of hydrogen-bond acceptors (Lipinski definition) is 3. The van der Waals surface area contributed by atoms with Gasteiger partial charge in [0.05, 0.1) is 0 Å². The number of likely N-dealkylation sites (N-methyl/N-ethyl adjacent to an activating group) is 1. The van der Waals surface area contributed by atoms with Crippen LogP contribution < -0.4 is 5.32 Å². The summed E-state index contributed by atoms with van der Waals surface area (Å²) in [4.78, 5) is 4.37. The number of hydrogen-bond donors (Lipinski definition) is 1. The molecule has 1 aromatic heterocycles. The van der Waals surface area contributed by atoms with E-state index in [9.17, 15) is 0 Å². The minimum atomic E-state index is 0.442. The summed E-state index contributed by atoms with van der Waals surface area (Å²) in [6, 6.07) is 0.442. The molecule has 0 spiro atoms. The van der Waals surface area contributed by atoms with Crippen molar-refractivity contribution in [2.24, 2.45) is 0 Å². The first-order valence-electron chi connectivity index (χ1n) is 5.48.